The van der Waals surface area contributed by atoms with Crippen molar-refractivity contribution < 1.29 is 21.9 Å². The van der Waals surface area contributed by atoms with Crippen LogP contribution in [0.4, 0.5) is 8.78 Å². The molecule has 0 atom stereocenters. The highest BCUT2D eigenvalue weighted by molar-refractivity contribution is 7.89. The zero-order chi connectivity index (χ0) is 28.6. The Kier molecular flexibility index (Phi) is 7.37. The summed E-state index contributed by atoms with van der Waals surface area (Å²) in [6.45, 7) is 5.08. The molecule has 9 nitrogen and oxygen atoms in total. The molecule has 1 saturated heterocycles. The van der Waals surface area contributed by atoms with Gasteiger partial charge in [0.05, 0.1) is 49.6 Å². The molecule has 6 rings (SSSR count). The summed E-state index contributed by atoms with van der Waals surface area (Å²) >= 11 is 0. The molecular formula is C29H28F2N6O3S. The van der Waals surface area contributed by atoms with Crippen LogP contribution in [0.1, 0.15) is 5.56 Å². The van der Waals surface area contributed by atoms with Crippen LogP contribution < -0.4 is 0 Å². The van der Waals surface area contributed by atoms with E-state index in [9.17, 15) is 17.2 Å². The topological polar surface area (TPSA) is 94.6 Å². The fraction of sp³-hybridized carbons (Fsp3) is 0.276. The van der Waals surface area contributed by atoms with Crippen molar-refractivity contribution >= 4 is 15.4 Å². The van der Waals surface area contributed by atoms with Crippen molar-refractivity contribution in [3.63, 3.8) is 0 Å². The number of halogens is 2. The van der Waals surface area contributed by atoms with Crippen molar-refractivity contribution in [2.24, 2.45) is 0 Å². The number of nitrogens with zero attached hydrogens (tertiary/aromatic N) is 6. The molecule has 1 aliphatic heterocycles. The van der Waals surface area contributed by atoms with Gasteiger partial charge in [-0.05, 0) is 35.4 Å². The Hall–Kier alpha value is -4.00. The number of sulfone groups is 1. The summed E-state index contributed by atoms with van der Waals surface area (Å²) in [6.07, 6.45) is 9.50. The van der Waals surface area contributed by atoms with Crippen LogP contribution >= 0.6 is 0 Å². The molecule has 5 aromatic rings. The maximum Gasteiger partial charge on any atom is 0.152 e. The van der Waals surface area contributed by atoms with E-state index in [4.69, 9.17) is 4.74 Å². The molecule has 0 amide bonds. The van der Waals surface area contributed by atoms with Gasteiger partial charge in [0.2, 0.25) is 0 Å². The molecule has 12 heteroatoms. The van der Waals surface area contributed by atoms with Gasteiger partial charge in [0, 0.05) is 66.6 Å². The van der Waals surface area contributed by atoms with Gasteiger partial charge in [-0.2, -0.15) is 10.2 Å². The molecule has 1 aromatic carbocycles. The van der Waals surface area contributed by atoms with Crippen molar-refractivity contribution in [1.29, 1.82) is 0 Å². The molecule has 0 radical (unpaired) electrons. The van der Waals surface area contributed by atoms with Gasteiger partial charge in [0.25, 0.3) is 0 Å². The van der Waals surface area contributed by atoms with Crippen molar-refractivity contribution in [3.05, 3.63) is 84.6 Å². The molecule has 212 valence electrons. The normalized spacial score (nSPS) is 14.6. The second kappa shape index (κ2) is 11.1. The van der Waals surface area contributed by atoms with Gasteiger partial charge in [-0.25, -0.2) is 21.7 Å². The van der Waals surface area contributed by atoms with E-state index < -0.39 is 21.5 Å². The van der Waals surface area contributed by atoms with Crippen LogP contribution in [0.3, 0.4) is 0 Å². The molecule has 0 spiro atoms. The third-order valence-electron chi connectivity index (χ3n) is 7.05. The molecule has 41 heavy (non-hydrogen) atoms. The first-order valence-electron chi connectivity index (χ1n) is 13.2. The maximum absolute atomic E-state index is 14.6. The quantitative estimate of drug-likeness (QED) is 0.274. The highest BCUT2D eigenvalue weighted by atomic mass is 32.2. The lowest BCUT2D eigenvalue weighted by atomic mass is 9.99. The van der Waals surface area contributed by atoms with Crippen LogP contribution in [0.5, 0.6) is 0 Å². The highest BCUT2D eigenvalue weighted by Gasteiger charge is 2.17. The van der Waals surface area contributed by atoms with Crippen molar-refractivity contribution in [1.82, 2.24) is 29.3 Å². The molecule has 5 heterocycles. The zero-order valence-corrected chi connectivity index (χ0v) is 23.2. The molecule has 4 aromatic heterocycles. The summed E-state index contributed by atoms with van der Waals surface area (Å²) in [5.41, 5.74) is 4.80. The first kappa shape index (κ1) is 27.2. The van der Waals surface area contributed by atoms with Gasteiger partial charge in [-0.3, -0.25) is 14.6 Å². The molecular weight excluding hydrogens is 550 g/mol. The number of ether oxygens (including phenoxy) is 1. The van der Waals surface area contributed by atoms with Gasteiger partial charge in [0.15, 0.2) is 15.7 Å². The molecule has 1 aliphatic rings. The van der Waals surface area contributed by atoms with E-state index in [1.165, 1.54) is 0 Å². The van der Waals surface area contributed by atoms with Crippen molar-refractivity contribution in [3.8, 4) is 33.5 Å². The smallest absolute Gasteiger partial charge is 0.152 e. The third kappa shape index (κ3) is 6.19. The number of aromatic nitrogens is 5. The van der Waals surface area contributed by atoms with Gasteiger partial charge in [-0.1, -0.05) is 6.07 Å². The minimum absolute atomic E-state index is 0.0626. The largest absolute Gasteiger partial charge is 0.379 e. The van der Waals surface area contributed by atoms with Gasteiger partial charge >= 0.3 is 0 Å². The van der Waals surface area contributed by atoms with Crippen LogP contribution in [0, 0.1) is 11.6 Å². The molecule has 0 N–H and O–H groups in total. The average molecular weight is 579 g/mol. The fourth-order valence-corrected chi connectivity index (χ4v) is 5.85. The number of fused-ring (bicyclic) bond motifs is 1. The number of benzene rings is 1. The van der Waals surface area contributed by atoms with Crippen LogP contribution in [0.15, 0.2) is 67.4 Å². The fourth-order valence-electron chi connectivity index (χ4n) is 5.08. The summed E-state index contributed by atoms with van der Waals surface area (Å²) in [5, 5.41) is 9.05. The van der Waals surface area contributed by atoms with Gasteiger partial charge in [0.1, 0.15) is 11.5 Å². The Balaban J connectivity index is 1.31. The van der Waals surface area contributed by atoms with E-state index in [1.54, 1.807) is 28.9 Å². The van der Waals surface area contributed by atoms with Gasteiger partial charge < -0.3 is 4.74 Å². The second-order valence-corrected chi connectivity index (χ2v) is 12.4. The summed E-state index contributed by atoms with van der Waals surface area (Å²) < 4.78 is 61.4. The average Bonchev–Trinajstić information content (AvgIpc) is 3.58. The highest BCUT2D eigenvalue weighted by Crippen LogP contribution is 2.32. The van der Waals surface area contributed by atoms with E-state index in [1.807, 2.05) is 35.4 Å². The minimum Gasteiger partial charge on any atom is -0.379 e. The molecule has 0 bridgehead atoms. The predicted octanol–water partition coefficient (Wildman–Crippen LogP) is 4.08. The Bertz CT molecular complexity index is 1830. The lowest BCUT2D eigenvalue weighted by molar-refractivity contribution is 0.0360. The zero-order valence-electron chi connectivity index (χ0n) is 22.4. The monoisotopic (exact) mass is 578 g/mol. The SMILES string of the molecule is CS(=O)(=O)Cc1cc(-c2ncc(F)cc2F)cc(-c2cnn3cc(-c4cnn(CCN5CCOCC5)c4)ccc23)c1. The van der Waals surface area contributed by atoms with E-state index in [-0.39, 0.29) is 11.4 Å². The third-order valence-corrected chi connectivity index (χ3v) is 7.90. The Morgan fingerprint density at radius 3 is 2.46 bits per heavy atom. The Labute approximate surface area is 235 Å². The number of hydrogen-bond acceptors (Lipinski definition) is 7. The lowest BCUT2D eigenvalue weighted by Crippen LogP contribution is -2.38. The number of hydrogen-bond donors (Lipinski definition) is 0. The van der Waals surface area contributed by atoms with Crippen LogP contribution in [0.2, 0.25) is 0 Å². The first-order valence-corrected chi connectivity index (χ1v) is 15.2. The van der Waals surface area contributed by atoms with Crippen molar-refractivity contribution in [2.45, 2.75) is 12.3 Å². The lowest BCUT2D eigenvalue weighted by Gasteiger charge is -2.26. The molecule has 0 aliphatic carbocycles. The van der Waals surface area contributed by atoms with E-state index in [0.29, 0.717) is 16.7 Å². The first-order chi connectivity index (χ1) is 19.7. The van der Waals surface area contributed by atoms with Crippen LogP contribution in [-0.4, -0.2) is 76.8 Å². The van der Waals surface area contributed by atoms with Gasteiger partial charge in [-0.15, -0.1) is 0 Å². The van der Waals surface area contributed by atoms with Crippen molar-refractivity contribution in [2.75, 3.05) is 39.1 Å². The molecule has 0 saturated carbocycles. The predicted molar refractivity (Wildman–Crippen MR) is 151 cm³/mol. The van der Waals surface area contributed by atoms with E-state index in [0.717, 1.165) is 80.1 Å². The minimum atomic E-state index is -3.38. The van der Waals surface area contributed by atoms with E-state index >= 15 is 0 Å². The number of pyridine rings is 2. The Morgan fingerprint density at radius 2 is 1.68 bits per heavy atom. The summed E-state index contributed by atoms with van der Waals surface area (Å²) in [7, 11) is -3.38. The standard InChI is InChI=1S/C29H28F2N6O3S/c1-41(38,39)19-20-10-22(12-23(11-20)29-27(31)13-25(30)15-32-29)26-16-34-37-18-21(2-3-28(26)37)24-14-33-36(17-24)5-4-35-6-8-40-9-7-35/h2-3,10-18H,4-9,19H2,1H3. The summed E-state index contributed by atoms with van der Waals surface area (Å²) in [5.74, 6) is -1.86. The number of rotatable bonds is 8. The second-order valence-electron chi connectivity index (χ2n) is 10.2. The number of morpholine rings is 1. The molecule has 0 unspecified atom stereocenters. The Morgan fingerprint density at radius 1 is 0.878 bits per heavy atom. The maximum atomic E-state index is 14.6. The van der Waals surface area contributed by atoms with E-state index in [2.05, 4.69) is 20.1 Å². The van der Waals surface area contributed by atoms with Crippen LogP contribution in [-0.2, 0) is 26.9 Å². The summed E-state index contributed by atoms with van der Waals surface area (Å²) in [6, 6.07) is 9.68. The summed E-state index contributed by atoms with van der Waals surface area (Å²) in [4.78, 5) is 6.28. The van der Waals surface area contributed by atoms with Crippen LogP contribution in [0.25, 0.3) is 39.0 Å². The molecule has 1 fully saturated rings.